The Morgan fingerprint density at radius 3 is 2.71 bits per heavy atom. The van der Waals surface area contributed by atoms with Gasteiger partial charge in [0, 0.05) is 23.5 Å². The molecule has 0 atom stereocenters. The first kappa shape index (κ1) is 15.1. The molecule has 1 fully saturated rings. The molecule has 21 heavy (non-hydrogen) atoms. The number of nitrogens with zero attached hydrogens (tertiary/aromatic N) is 3. The standard InChI is InChI=1S/C14H17ClN4S2/c1-14(16)6-8-19(9-7-14)12-17-18-13(21-12)20-11-5-3-2-4-10(11)15/h2-5H,6-9,16H2,1H3. The van der Waals surface area contributed by atoms with Gasteiger partial charge in [-0.15, -0.1) is 10.2 Å². The molecule has 1 aromatic carbocycles. The van der Waals surface area contributed by atoms with Crippen LogP contribution in [0.3, 0.4) is 0 Å². The molecule has 0 spiro atoms. The van der Waals surface area contributed by atoms with Crippen LogP contribution in [0.5, 0.6) is 0 Å². The van der Waals surface area contributed by atoms with Gasteiger partial charge in [-0.3, -0.25) is 0 Å². The topological polar surface area (TPSA) is 55.0 Å². The number of aromatic nitrogens is 2. The molecule has 2 N–H and O–H groups in total. The van der Waals surface area contributed by atoms with Crippen LogP contribution < -0.4 is 10.6 Å². The summed E-state index contributed by atoms with van der Waals surface area (Å²) in [4.78, 5) is 3.28. The van der Waals surface area contributed by atoms with Gasteiger partial charge in [0.15, 0.2) is 4.34 Å². The van der Waals surface area contributed by atoms with Crippen LogP contribution >= 0.6 is 34.7 Å². The molecular formula is C14H17ClN4S2. The van der Waals surface area contributed by atoms with Crippen molar-refractivity contribution < 1.29 is 0 Å². The van der Waals surface area contributed by atoms with E-state index in [1.807, 2.05) is 24.3 Å². The van der Waals surface area contributed by atoms with Crippen molar-refractivity contribution in [1.82, 2.24) is 10.2 Å². The normalized spacial score (nSPS) is 18.0. The molecule has 0 amide bonds. The Hall–Kier alpha value is -0.820. The molecule has 1 aliphatic heterocycles. The van der Waals surface area contributed by atoms with Crippen molar-refractivity contribution in [3.05, 3.63) is 29.3 Å². The Balaban J connectivity index is 1.68. The van der Waals surface area contributed by atoms with Crippen LogP contribution in [0.2, 0.25) is 5.02 Å². The van der Waals surface area contributed by atoms with E-state index in [0.717, 1.165) is 45.3 Å². The van der Waals surface area contributed by atoms with Gasteiger partial charge in [0.2, 0.25) is 5.13 Å². The number of halogens is 1. The van der Waals surface area contributed by atoms with E-state index in [1.165, 1.54) is 0 Å². The lowest BCUT2D eigenvalue weighted by Crippen LogP contribution is -2.48. The molecule has 0 unspecified atom stereocenters. The van der Waals surface area contributed by atoms with Crippen LogP contribution in [-0.2, 0) is 0 Å². The maximum absolute atomic E-state index is 6.17. The van der Waals surface area contributed by atoms with Crippen LogP contribution in [0.4, 0.5) is 5.13 Å². The molecule has 0 bridgehead atoms. The van der Waals surface area contributed by atoms with Crippen LogP contribution in [0.15, 0.2) is 33.5 Å². The second kappa shape index (κ2) is 6.12. The van der Waals surface area contributed by atoms with Gasteiger partial charge < -0.3 is 10.6 Å². The lowest BCUT2D eigenvalue weighted by Gasteiger charge is -2.36. The molecule has 1 aromatic heterocycles. The number of piperidine rings is 1. The van der Waals surface area contributed by atoms with E-state index in [4.69, 9.17) is 17.3 Å². The lowest BCUT2D eigenvalue weighted by molar-refractivity contribution is 0.364. The molecule has 0 saturated carbocycles. The van der Waals surface area contributed by atoms with Gasteiger partial charge in [-0.2, -0.15) is 0 Å². The van der Waals surface area contributed by atoms with Crippen molar-refractivity contribution in [3.8, 4) is 0 Å². The van der Waals surface area contributed by atoms with Crippen LogP contribution in [0.25, 0.3) is 0 Å². The molecular weight excluding hydrogens is 324 g/mol. The van der Waals surface area contributed by atoms with Crippen molar-refractivity contribution in [2.75, 3.05) is 18.0 Å². The highest BCUT2D eigenvalue weighted by Gasteiger charge is 2.27. The van der Waals surface area contributed by atoms with Gasteiger partial charge in [-0.1, -0.05) is 46.8 Å². The number of rotatable bonds is 3. The Morgan fingerprint density at radius 2 is 2.00 bits per heavy atom. The predicted molar refractivity (Wildman–Crippen MR) is 89.5 cm³/mol. The summed E-state index contributed by atoms with van der Waals surface area (Å²) < 4.78 is 0.916. The molecule has 112 valence electrons. The molecule has 4 nitrogen and oxygen atoms in total. The highest BCUT2D eigenvalue weighted by molar-refractivity contribution is 8.01. The fraction of sp³-hybridized carbons (Fsp3) is 0.429. The lowest BCUT2D eigenvalue weighted by atomic mass is 9.91. The summed E-state index contributed by atoms with van der Waals surface area (Å²) >= 11 is 9.34. The van der Waals surface area contributed by atoms with Gasteiger partial charge in [-0.05, 0) is 31.9 Å². The molecule has 2 aromatic rings. The first-order chi connectivity index (χ1) is 10.0. The first-order valence-corrected chi connectivity index (χ1v) is 8.84. The third-order valence-electron chi connectivity index (χ3n) is 3.61. The summed E-state index contributed by atoms with van der Waals surface area (Å²) in [5.41, 5.74) is 6.12. The molecule has 7 heteroatoms. The van der Waals surface area contributed by atoms with E-state index in [0.29, 0.717) is 0 Å². The maximum Gasteiger partial charge on any atom is 0.209 e. The van der Waals surface area contributed by atoms with Crippen LogP contribution in [0, 0.1) is 0 Å². The van der Waals surface area contributed by atoms with Crippen molar-refractivity contribution in [1.29, 1.82) is 0 Å². The second-order valence-electron chi connectivity index (χ2n) is 5.52. The van der Waals surface area contributed by atoms with Gasteiger partial charge in [-0.25, -0.2) is 0 Å². The zero-order chi connectivity index (χ0) is 14.9. The number of nitrogens with two attached hydrogens (primary N) is 1. The summed E-state index contributed by atoms with van der Waals surface area (Å²) in [6, 6.07) is 7.78. The number of hydrogen-bond donors (Lipinski definition) is 1. The van der Waals surface area contributed by atoms with E-state index in [2.05, 4.69) is 22.0 Å². The average Bonchev–Trinajstić information content (AvgIpc) is 2.90. The molecule has 2 heterocycles. The monoisotopic (exact) mass is 340 g/mol. The largest absolute Gasteiger partial charge is 0.346 e. The van der Waals surface area contributed by atoms with E-state index < -0.39 is 0 Å². The van der Waals surface area contributed by atoms with Gasteiger partial charge in [0.25, 0.3) is 0 Å². The number of benzene rings is 1. The average molecular weight is 341 g/mol. The zero-order valence-electron chi connectivity index (χ0n) is 11.8. The van der Waals surface area contributed by atoms with Gasteiger partial charge >= 0.3 is 0 Å². The van der Waals surface area contributed by atoms with E-state index in [-0.39, 0.29) is 5.54 Å². The summed E-state index contributed by atoms with van der Waals surface area (Å²) in [5, 5.41) is 10.3. The summed E-state index contributed by atoms with van der Waals surface area (Å²) in [6.07, 6.45) is 1.97. The van der Waals surface area contributed by atoms with E-state index in [9.17, 15) is 0 Å². The molecule has 0 aliphatic carbocycles. The summed E-state index contributed by atoms with van der Waals surface area (Å²) in [7, 11) is 0. The number of anilines is 1. The quantitative estimate of drug-likeness (QED) is 0.924. The smallest absolute Gasteiger partial charge is 0.209 e. The van der Waals surface area contributed by atoms with E-state index in [1.54, 1.807) is 23.1 Å². The molecule has 3 rings (SSSR count). The van der Waals surface area contributed by atoms with Crippen molar-refractivity contribution in [3.63, 3.8) is 0 Å². The first-order valence-electron chi connectivity index (χ1n) is 6.83. The Bertz CT molecular complexity index is 619. The Labute approximate surface area is 137 Å². The zero-order valence-corrected chi connectivity index (χ0v) is 14.1. The minimum Gasteiger partial charge on any atom is -0.346 e. The van der Waals surface area contributed by atoms with Crippen molar-refractivity contribution >= 4 is 39.8 Å². The molecule has 0 radical (unpaired) electrons. The fourth-order valence-corrected chi connectivity index (χ4v) is 4.33. The summed E-state index contributed by atoms with van der Waals surface area (Å²) in [5.74, 6) is 0. The van der Waals surface area contributed by atoms with Gasteiger partial charge in [0.05, 0.1) is 5.02 Å². The highest BCUT2D eigenvalue weighted by Crippen LogP contribution is 2.37. The highest BCUT2D eigenvalue weighted by atomic mass is 35.5. The minimum absolute atomic E-state index is 0.0453. The maximum atomic E-state index is 6.17. The summed E-state index contributed by atoms with van der Waals surface area (Å²) in [6.45, 7) is 4.00. The van der Waals surface area contributed by atoms with Crippen LogP contribution in [0.1, 0.15) is 19.8 Å². The Kier molecular flexibility index (Phi) is 4.40. The van der Waals surface area contributed by atoms with E-state index >= 15 is 0 Å². The fourth-order valence-electron chi connectivity index (χ4n) is 2.20. The predicted octanol–water partition coefficient (Wildman–Crippen LogP) is 3.66. The molecule has 1 aliphatic rings. The van der Waals surface area contributed by atoms with Crippen molar-refractivity contribution in [2.24, 2.45) is 5.73 Å². The Morgan fingerprint density at radius 1 is 1.29 bits per heavy atom. The second-order valence-corrected chi connectivity index (χ2v) is 8.18. The van der Waals surface area contributed by atoms with Gasteiger partial charge in [0.1, 0.15) is 0 Å². The SMILES string of the molecule is CC1(N)CCN(c2nnc(Sc3ccccc3Cl)s2)CC1. The van der Waals surface area contributed by atoms with Crippen molar-refractivity contribution in [2.45, 2.75) is 34.5 Å². The van der Waals surface area contributed by atoms with Crippen LogP contribution in [-0.4, -0.2) is 28.8 Å². The number of hydrogen-bond acceptors (Lipinski definition) is 6. The third-order valence-corrected chi connectivity index (χ3v) is 6.16. The molecule has 1 saturated heterocycles. The third kappa shape index (κ3) is 3.69. The minimum atomic E-state index is -0.0453.